The van der Waals surface area contributed by atoms with Gasteiger partial charge in [-0.2, -0.15) is 0 Å². The van der Waals surface area contributed by atoms with Crippen molar-refractivity contribution in [2.24, 2.45) is 17.8 Å². The van der Waals surface area contributed by atoms with Crippen LogP contribution in [0.4, 0.5) is 5.13 Å². The molecule has 1 aliphatic carbocycles. The summed E-state index contributed by atoms with van der Waals surface area (Å²) in [6, 6.07) is 11.9. The van der Waals surface area contributed by atoms with Crippen LogP contribution in [-0.4, -0.2) is 35.5 Å². The van der Waals surface area contributed by atoms with Gasteiger partial charge in [-0.15, -0.1) is 0 Å². The summed E-state index contributed by atoms with van der Waals surface area (Å²) in [7, 11) is 0. The lowest BCUT2D eigenvalue weighted by Gasteiger charge is -2.18. The van der Waals surface area contributed by atoms with E-state index in [1.54, 1.807) is 29.8 Å². The number of hydrogen-bond acceptors (Lipinski definition) is 6. The lowest BCUT2D eigenvalue weighted by Crippen LogP contribution is -2.27. The number of rotatable bonds is 5. The van der Waals surface area contributed by atoms with Gasteiger partial charge in [0.2, 0.25) is 0 Å². The van der Waals surface area contributed by atoms with Crippen LogP contribution >= 0.6 is 11.3 Å². The van der Waals surface area contributed by atoms with Crippen molar-refractivity contribution in [1.82, 2.24) is 15.3 Å². The van der Waals surface area contributed by atoms with Crippen LogP contribution in [0, 0.1) is 17.8 Å². The molecule has 1 aromatic carbocycles. The number of nitrogens with one attached hydrogen (secondary N) is 1. The Kier molecular flexibility index (Phi) is 3.84. The Morgan fingerprint density at radius 3 is 2.93 bits per heavy atom. The van der Waals surface area contributed by atoms with E-state index >= 15 is 0 Å². The number of anilines is 1. The van der Waals surface area contributed by atoms with Gasteiger partial charge in [-0.1, -0.05) is 23.5 Å². The van der Waals surface area contributed by atoms with Crippen LogP contribution in [0.5, 0.6) is 0 Å². The van der Waals surface area contributed by atoms with Gasteiger partial charge in [0.15, 0.2) is 16.5 Å². The van der Waals surface area contributed by atoms with Gasteiger partial charge in [-0.05, 0) is 48.4 Å². The van der Waals surface area contributed by atoms with Crippen molar-refractivity contribution in [2.75, 3.05) is 24.5 Å². The van der Waals surface area contributed by atoms with E-state index in [9.17, 15) is 4.79 Å². The summed E-state index contributed by atoms with van der Waals surface area (Å²) >= 11 is 1.78. The number of nitrogens with zero attached hydrogens (tertiary/aromatic N) is 3. The molecule has 146 valence electrons. The van der Waals surface area contributed by atoms with Crippen molar-refractivity contribution < 1.29 is 9.21 Å². The van der Waals surface area contributed by atoms with Crippen molar-refractivity contribution in [3.8, 4) is 0 Å². The molecule has 1 N–H and O–H groups in total. The van der Waals surface area contributed by atoms with Gasteiger partial charge in [0.1, 0.15) is 0 Å². The summed E-state index contributed by atoms with van der Waals surface area (Å²) in [6.45, 7) is 2.85. The summed E-state index contributed by atoms with van der Waals surface area (Å²) in [4.78, 5) is 23.6. The minimum Gasteiger partial charge on any atom is -0.449 e. The summed E-state index contributed by atoms with van der Waals surface area (Å²) in [6.07, 6.45) is 4.36. The number of para-hydroxylation sites is 1. The van der Waals surface area contributed by atoms with E-state index in [1.165, 1.54) is 4.70 Å². The van der Waals surface area contributed by atoms with Crippen molar-refractivity contribution in [3.63, 3.8) is 0 Å². The molecule has 7 heteroatoms. The number of hydrogen-bond donors (Lipinski definition) is 1. The van der Waals surface area contributed by atoms with Crippen LogP contribution in [0.15, 0.2) is 53.2 Å². The average Bonchev–Trinajstić information content (AvgIpc) is 3.20. The average molecular weight is 404 g/mol. The van der Waals surface area contributed by atoms with E-state index in [0.717, 1.165) is 47.4 Å². The van der Waals surface area contributed by atoms with Gasteiger partial charge in [-0.25, -0.2) is 4.98 Å². The van der Waals surface area contributed by atoms with Crippen molar-refractivity contribution >= 4 is 43.6 Å². The van der Waals surface area contributed by atoms with E-state index in [4.69, 9.17) is 9.40 Å². The first-order chi connectivity index (χ1) is 14.3. The molecule has 1 saturated heterocycles. The highest BCUT2D eigenvalue weighted by molar-refractivity contribution is 7.22. The first-order valence-corrected chi connectivity index (χ1v) is 10.8. The zero-order chi connectivity index (χ0) is 19.4. The van der Waals surface area contributed by atoms with Gasteiger partial charge >= 0.3 is 0 Å². The number of carbonyl (C=O) groups is 1. The van der Waals surface area contributed by atoms with E-state index in [1.807, 2.05) is 12.1 Å². The number of pyridine rings is 1. The molecule has 1 aliphatic heterocycles. The molecule has 4 heterocycles. The van der Waals surface area contributed by atoms with E-state index in [0.29, 0.717) is 23.8 Å². The summed E-state index contributed by atoms with van der Waals surface area (Å²) in [5, 5.41) is 5.05. The van der Waals surface area contributed by atoms with Crippen molar-refractivity contribution in [2.45, 2.75) is 6.42 Å². The summed E-state index contributed by atoms with van der Waals surface area (Å²) < 4.78 is 6.83. The third-order valence-corrected chi connectivity index (χ3v) is 7.33. The Hall–Kier alpha value is -2.93. The van der Waals surface area contributed by atoms with Crippen molar-refractivity contribution in [1.29, 1.82) is 0 Å². The van der Waals surface area contributed by atoms with E-state index < -0.39 is 0 Å². The zero-order valence-corrected chi connectivity index (χ0v) is 16.6. The zero-order valence-electron chi connectivity index (χ0n) is 15.7. The minimum absolute atomic E-state index is 0.150. The molecule has 3 atom stereocenters. The summed E-state index contributed by atoms with van der Waals surface area (Å²) in [5.41, 5.74) is 1.73. The van der Waals surface area contributed by atoms with Crippen LogP contribution in [0.3, 0.4) is 0 Å². The molecule has 0 spiro atoms. The number of thiazole rings is 1. The Morgan fingerprint density at radius 1 is 1.24 bits per heavy atom. The molecular formula is C22H20N4O2S. The molecular weight excluding hydrogens is 384 g/mol. The predicted octanol–water partition coefficient (Wildman–Crippen LogP) is 3.94. The largest absolute Gasteiger partial charge is 0.449 e. The van der Waals surface area contributed by atoms with Gasteiger partial charge < -0.3 is 14.6 Å². The van der Waals surface area contributed by atoms with Gasteiger partial charge in [0.25, 0.3) is 5.91 Å². The maximum atomic E-state index is 12.3. The molecule has 6 rings (SSSR count). The fraction of sp³-hybridized carbons (Fsp3) is 0.318. The van der Waals surface area contributed by atoms with Crippen LogP contribution in [-0.2, 0) is 0 Å². The van der Waals surface area contributed by atoms with E-state index in [2.05, 4.69) is 33.4 Å². The molecule has 1 amide bonds. The molecule has 2 aliphatic rings. The van der Waals surface area contributed by atoms with Gasteiger partial charge in [-0.3, -0.25) is 9.78 Å². The Balaban J connectivity index is 1.01. The molecule has 1 saturated carbocycles. The normalized spacial score (nSPS) is 22.9. The second-order valence-electron chi connectivity index (χ2n) is 7.93. The Morgan fingerprint density at radius 2 is 2.10 bits per heavy atom. The van der Waals surface area contributed by atoms with Crippen LogP contribution in [0.25, 0.3) is 21.2 Å². The monoisotopic (exact) mass is 404 g/mol. The minimum atomic E-state index is -0.150. The number of piperidine rings is 1. The quantitative estimate of drug-likeness (QED) is 0.546. The first kappa shape index (κ1) is 17.0. The second-order valence-corrected chi connectivity index (χ2v) is 8.94. The molecule has 0 bridgehead atoms. The summed E-state index contributed by atoms with van der Waals surface area (Å²) in [5.74, 6) is 2.38. The number of aromatic nitrogens is 2. The standard InChI is InChI=1S/C22H20N4O2S/c27-21(18-9-13-5-7-23-10-19(13)28-18)24-8-6-14-15-11-26(12-16(14)15)22-25-17-3-1-2-4-20(17)29-22/h1-5,7,9-10,14-16H,6,8,11-12H2,(H,24,27)/t14-,15-,16?/m1/s1. The fourth-order valence-electron chi connectivity index (χ4n) is 4.66. The lowest BCUT2D eigenvalue weighted by molar-refractivity contribution is 0.0926. The third kappa shape index (κ3) is 2.97. The number of carbonyl (C=O) groups excluding carboxylic acids is 1. The number of furan rings is 1. The lowest BCUT2D eigenvalue weighted by atomic mass is 10.2. The molecule has 2 fully saturated rings. The number of fused-ring (bicyclic) bond motifs is 3. The molecule has 4 aromatic rings. The third-order valence-electron chi connectivity index (χ3n) is 6.23. The van der Waals surface area contributed by atoms with Gasteiger partial charge in [0, 0.05) is 31.2 Å². The van der Waals surface area contributed by atoms with Gasteiger partial charge in [0.05, 0.1) is 16.4 Å². The maximum absolute atomic E-state index is 12.3. The van der Waals surface area contributed by atoms with Crippen LogP contribution in [0.1, 0.15) is 17.0 Å². The highest BCUT2D eigenvalue weighted by Crippen LogP contribution is 2.54. The second kappa shape index (κ2) is 6.56. The maximum Gasteiger partial charge on any atom is 0.287 e. The van der Waals surface area contributed by atoms with Crippen molar-refractivity contribution in [3.05, 3.63) is 54.6 Å². The van der Waals surface area contributed by atoms with Crippen LogP contribution in [0.2, 0.25) is 0 Å². The molecule has 6 nitrogen and oxygen atoms in total. The topological polar surface area (TPSA) is 71.3 Å². The molecule has 29 heavy (non-hydrogen) atoms. The predicted molar refractivity (Wildman–Crippen MR) is 113 cm³/mol. The van der Waals surface area contributed by atoms with E-state index in [-0.39, 0.29) is 5.91 Å². The fourth-order valence-corrected chi connectivity index (χ4v) is 5.65. The number of benzene rings is 1. The number of amides is 1. The highest BCUT2D eigenvalue weighted by Gasteiger charge is 2.55. The Labute approximate surface area is 171 Å². The first-order valence-electron chi connectivity index (χ1n) is 9.98. The highest BCUT2D eigenvalue weighted by atomic mass is 32.1. The SMILES string of the molecule is O=C(NCC[C@H]1C2CN(c3nc4ccccc4s3)C[C@@H]21)c1cc2ccncc2o1. The Bertz CT molecular complexity index is 1140. The molecule has 3 aromatic heterocycles. The molecule has 0 radical (unpaired) electrons. The van der Waals surface area contributed by atoms with Crippen LogP contribution < -0.4 is 10.2 Å². The smallest absolute Gasteiger partial charge is 0.287 e. The molecule has 1 unspecified atom stereocenters.